The molecule has 0 bridgehead atoms. The molecule has 0 amide bonds. The Kier molecular flexibility index (Phi) is 10.8. The molecule has 0 unspecified atom stereocenters. The Hall–Kier alpha value is -3.78. The maximum absolute atomic E-state index is 13.0. The number of rotatable bonds is 11. The number of carbonyl (C=O) groups is 1. The van der Waals surface area contributed by atoms with Crippen molar-refractivity contribution < 1.29 is 9.53 Å². The Morgan fingerprint density at radius 3 is 2.54 bits per heavy atom. The standard InChI is InChI=1S/C38H48ClN5O2/c1-24(2)23-46-38(45)37-36(32-17-26(5)9-12-35(32)42-37)34(40)22-44(41)21-27-13-15-43(16-14-27)20-28-10-11-31(33(39)18-28)30-8-6-7-29(19-30)25(3)4/h6-12,17-19,22,24-25,27,42H,13-16,20-21,23,40-41H2,1-5H3/b34-22-. The lowest BCUT2D eigenvalue weighted by Gasteiger charge is -2.33. The third-order valence-electron chi connectivity index (χ3n) is 8.78. The van der Waals surface area contributed by atoms with Gasteiger partial charge < -0.3 is 20.5 Å². The number of hydrazine groups is 1. The van der Waals surface area contributed by atoms with Gasteiger partial charge >= 0.3 is 5.97 Å². The van der Waals surface area contributed by atoms with Crippen LogP contribution in [0.15, 0.2) is 66.9 Å². The number of fused-ring (bicyclic) bond motifs is 1. The fraction of sp³-hybridized carbons (Fsp3) is 0.395. The van der Waals surface area contributed by atoms with Gasteiger partial charge in [0.05, 0.1) is 12.3 Å². The minimum absolute atomic E-state index is 0.231. The second-order valence-corrected chi connectivity index (χ2v) is 13.9. The molecule has 8 heteroatoms. The van der Waals surface area contributed by atoms with E-state index in [2.05, 4.69) is 66.2 Å². The van der Waals surface area contributed by atoms with Gasteiger partial charge in [0.1, 0.15) is 5.69 Å². The van der Waals surface area contributed by atoms with Crippen molar-refractivity contribution in [2.24, 2.45) is 23.4 Å². The number of nitrogens with two attached hydrogens (primary N) is 2. The molecule has 1 fully saturated rings. The highest BCUT2D eigenvalue weighted by atomic mass is 35.5. The Labute approximate surface area is 278 Å². The van der Waals surface area contributed by atoms with Gasteiger partial charge in [-0.2, -0.15) is 0 Å². The van der Waals surface area contributed by atoms with Gasteiger partial charge in [0.25, 0.3) is 0 Å². The summed E-state index contributed by atoms with van der Waals surface area (Å²) in [5, 5.41) is 3.34. The van der Waals surface area contributed by atoms with E-state index in [1.165, 1.54) is 11.1 Å². The number of halogens is 1. The number of carbonyl (C=O) groups excluding carboxylic acids is 1. The van der Waals surface area contributed by atoms with Gasteiger partial charge in [-0.1, -0.05) is 87.3 Å². The number of hydrogen-bond acceptors (Lipinski definition) is 6. The van der Waals surface area contributed by atoms with Gasteiger partial charge in [0, 0.05) is 46.3 Å². The predicted octanol–water partition coefficient (Wildman–Crippen LogP) is 8.08. The number of aromatic amines is 1. The highest BCUT2D eigenvalue weighted by Crippen LogP contribution is 2.32. The highest BCUT2D eigenvalue weighted by Gasteiger charge is 2.24. The number of esters is 1. The molecule has 244 valence electrons. The van der Waals surface area contributed by atoms with Crippen LogP contribution >= 0.6 is 11.6 Å². The van der Waals surface area contributed by atoms with Crippen LogP contribution in [-0.2, 0) is 11.3 Å². The summed E-state index contributed by atoms with van der Waals surface area (Å²) in [7, 11) is 0. The van der Waals surface area contributed by atoms with E-state index < -0.39 is 5.97 Å². The maximum Gasteiger partial charge on any atom is 0.355 e. The molecular weight excluding hydrogens is 594 g/mol. The third kappa shape index (κ3) is 8.13. The quantitative estimate of drug-likeness (QED) is 0.0870. The molecule has 0 radical (unpaired) electrons. The molecule has 1 aliphatic rings. The van der Waals surface area contributed by atoms with Crippen LogP contribution in [0.4, 0.5) is 0 Å². The first kappa shape index (κ1) is 33.6. The summed E-state index contributed by atoms with van der Waals surface area (Å²) in [6.07, 6.45) is 3.82. The lowest BCUT2D eigenvalue weighted by Crippen LogP contribution is -2.39. The summed E-state index contributed by atoms with van der Waals surface area (Å²) in [4.78, 5) is 18.7. The van der Waals surface area contributed by atoms with E-state index in [4.69, 9.17) is 27.9 Å². The SMILES string of the molecule is Cc1ccc2[nH]c(C(=O)OCC(C)C)c(/C(N)=C/N(N)CC3CCN(Cc4ccc(-c5cccc(C(C)C)c5)c(Cl)c4)CC3)c2c1. The van der Waals surface area contributed by atoms with Crippen molar-refractivity contribution >= 4 is 34.2 Å². The average molecular weight is 642 g/mol. The van der Waals surface area contributed by atoms with E-state index in [0.29, 0.717) is 41.9 Å². The Morgan fingerprint density at radius 1 is 1.09 bits per heavy atom. The molecule has 46 heavy (non-hydrogen) atoms. The third-order valence-corrected chi connectivity index (χ3v) is 9.09. The van der Waals surface area contributed by atoms with Crippen LogP contribution in [0.3, 0.4) is 0 Å². The van der Waals surface area contributed by atoms with Crippen molar-refractivity contribution in [3.63, 3.8) is 0 Å². The van der Waals surface area contributed by atoms with Gasteiger partial charge in [-0.15, -0.1) is 0 Å². The number of likely N-dealkylation sites (tertiary alicyclic amines) is 1. The maximum atomic E-state index is 13.0. The molecule has 1 aromatic heterocycles. The van der Waals surface area contributed by atoms with Crippen LogP contribution < -0.4 is 11.6 Å². The summed E-state index contributed by atoms with van der Waals surface area (Å²) >= 11 is 6.79. The molecule has 0 atom stereocenters. The molecular formula is C38H48ClN5O2. The van der Waals surface area contributed by atoms with Crippen molar-refractivity contribution in [2.45, 2.75) is 59.9 Å². The van der Waals surface area contributed by atoms with Gasteiger partial charge in [-0.05, 0) is 85.5 Å². The molecule has 0 aliphatic carbocycles. The van der Waals surface area contributed by atoms with Crippen LogP contribution in [0.1, 0.15) is 79.2 Å². The number of aryl methyl sites for hydroxylation is 1. The van der Waals surface area contributed by atoms with Crippen molar-refractivity contribution in [3.05, 3.63) is 99.8 Å². The van der Waals surface area contributed by atoms with E-state index in [-0.39, 0.29) is 5.92 Å². The van der Waals surface area contributed by atoms with Crippen LogP contribution in [0.2, 0.25) is 5.02 Å². The summed E-state index contributed by atoms with van der Waals surface area (Å²) in [5.74, 6) is 7.22. The number of nitrogens with zero attached hydrogens (tertiary/aromatic N) is 2. The number of nitrogens with one attached hydrogen (secondary N) is 1. The number of aromatic nitrogens is 1. The first-order valence-corrected chi connectivity index (χ1v) is 16.8. The summed E-state index contributed by atoms with van der Waals surface area (Å²) in [5.41, 5.74) is 14.7. The van der Waals surface area contributed by atoms with Crippen LogP contribution in [0.25, 0.3) is 27.7 Å². The number of benzene rings is 3. The summed E-state index contributed by atoms with van der Waals surface area (Å²) in [6, 6.07) is 21.1. The molecule has 3 aromatic carbocycles. The van der Waals surface area contributed by atoms with E-state index in [1.807, 2.05) is 39.0 Å². The Morgan fingerprint density at radius 2 is 1.85 bits per heavy atom. The first-order chi connectivity index (χ1) is 22.0. The second kappa shape index (κ2) is 14.8. The fourth-order valence-corrected chi connectivity index (χ4v) is 6.52. The monoisotopic (exact) mass is 641 g/mol. The summed E-state index contributed by atoms with van der Waals surface area (Å²) in [6.45, 7) is 14.3. The van der Waals surface area contributed by atoms with E-state index in [9.17, 15) is 4.79 Å². The molecule has 2 heterocycles. The number of piperidine rings is 1. The normalized spacial score (nSPS) is 14.8. The van der Waals surface area contributed by atoms with Crippen molar-refractivity contribution in [1.29, 1.82) is 0 Å². The molecule has 4 aromatic rings. The minimum Gasteiger partial charge on any atom is -0.461 e. The number of ether oxygens (including phenoxy) is 1. The van der Waals surface area contributed by atoms with E-state index in [1.54, 1.807) is 11.2 Å². The Bertz CT molecular complexity index is 1700. The first-order valence-electron chi connectivity index (χ1n) is 16.4. The smallest absolute Gasteiger partial charge is 0.355 e. The van der Waals surface area contributed by atoms with Crippen molar-refractivity contribution in [2.75, 3.05) is 26.2 Å². The fourth-order valence-electron chi connectivity index (χ4n) is 6.21. The average Bonchev–Trinajstić information content (AvgIpc) is 3.40. The molecule has 5 N–H and O–H groups in total. The topological polar surface area (TPSA) is 101 Å². The van der Waals surface area contributed by atoms with E-state index >= 15 is 0 Å². The van der Waals surface area contributed by atoms with Crippen LogP contribution in [0.5, 0.6) is 0 Å². The zero-order valence-electron chi connectivity index (χ0n) is 27.8. The molecule has 1 saturated heterocycles. The highest BCUT2D eigenvalue weighted by molar-refractivity contribution is 6.33. The zero-order chi connectivity index (χ0) is 33.0. The van der Waals surface area contributed by atoms with Gasteiger partial charge in [0.2, 0.25) is 0 Å². The largest absolute Gasteiger partial charge is 0.461 e. The molecule has 7 nitrogen and oxygen atoms in total. The number of hydrogen-bond donors (Lipinski definition) is 3. The molecule has 0 spiro atoms. The molecule has 0 saturated carbocycles. The lowest BCUT2D eigenvalue weighted by atomic mass is 9.95. The van der Waals surface area contributed by atoms with E-state index in [0.717, 1.165) is 65.1 Å². The van der Waals surface area contributed by atoms with Crippen molar-refractivity contribution in [3.8, 4) is 11.1 Å². The second-order valence-electron chi connectivity index (χ2n) is 13.5. The van der Waals surface area contributed by atoms with Gasteiger partial charge in [-0.3, -0.25) is 4.90 Å². The van der Waals surface area contributed by atoms with Crippen LogP contribution in [-0.4, -0.2) is 47.1 Å². The predicted molar refractivity (Wildman–Crippen MR) is 190 cm³/mol. The zero-order valence-corrected chi connectivity index (χ0v) is 28.5. The molecule has 5 rings (SSSR count). The summed E-state index contributed by atoms with van der Waals surface area (Å²) < 4.78 is 5.55. The van der Waals surface area contributed by atoms with Gasteiger partial charge in [0.15, 0.2) is 0 Å². The van der Waals surface area contributed by atoms with Crippen molar-refractivity contribution in [1.82, 2.24) is 14.9 Å². The lowest BCUT2D eigenvalue weighted by molar-refractivity contribution is 0.0452. The van der Waals surface area contributed by atoms with Crippen LogP contribution in [0, 0.1) is 18.8 Å². The molecule has 1 aliphatic heterocycles. The number of H-pyrrole nitrogens is 1. The minimum atomic E-state index is -0.416. The Balaban J connectivity index is 1.20. The van der Waals surface area contributed by atoms with Gasteiger partial charge in [-0.25, -0.2) is 10.6 Å².